The summed E-state index contributed by atoms with van der Waals surface area (Å²) in [4.78, 5) is 68.3. The lowest BCUT2D eigenvalue weighted by Crippen LogP contribution is -2.43. The smallest absolute Gasteiger partial charge is 0.308 e. The molecule has 0 saturated heterocycles. The minimum Gasteiger partial charge on any atom is -0.462 e. The number of nitrogens with one attached hydrogen (secondary N) is 2. The van der Waals surface area contributed by atoms with Gasteiger partial charge < -0.3 is 29.9 Å². The number of hydrogen-bond acceptors (Lipinski definition) is 8. The first-order valence-electron chi connectivity index (χ1n) is 13.7. The highest BCUT2D eigenvalue weighted by atomic mass is 16.6. The highest BCUT2D eigenvalue weighted by Crippen LogP contribution is 2.00. The molecule has 0 atom stereocenters. The van der Waals surface area contributed by atoms with E-state index in [0.717, 1.165) is 12.8 Å². The molecule has 2 N–H and O–H groups in total. The summed E-state index contributed by atoms with van der Waals surface area (Å²) in [6.45, 7) is 22.7. The van der Waals surface area contributed by atoms with Crippen LogP contribution in [0.1, 0.15) is 97.9 Å². The first kappa shape index (κ1) is 48.5. The zero-order valence-electron chi connectivity index (χ0n) is 26.6. The highest BCUT2D eigenvalue weighted by molar-refractivity contribution is 5.80. The van der Waals surface area contributed by atoms with E-state index in [2.05, 4.69) is 10.6 Å². The van der Waals surface area contributed by atoms with Gasteiger partial charge in [0.25, 0.3) is 0 Å². The number of amides is 4. The Labute approximate surface area is 255 Å². The second kappa shape index (κ2) is 28.0. The van der Waals surface area contributed by atoms with Crippen molar-refractivity contribution in [1.82, 2.24) is 20.4 Å². The zero-order valence-corrected chi connectivity index (χ0v) is 26.6. The van der Waals surface area contributed by atoms with Crippen LogP contribution in [0.5, 0.6) is 0 Å². The van der Waals surface area contributed by atoms with Gasteiger partial charge in [-0.2, -0.15) is 0 Å². The van der Waals surface area contributed by atoms with Crippen molar-refractivity contribution in [2.45, 2.75) is 110 Å². The molecule has 0 fully saturated rings. The second-order valence-corrected chi connectivity index (χ2v) is 10.8. The van der Waals surface area contributed by atoms with Crippen LogP contribution in [-0.4, -0.2) is 85.0 Å². The Morgan fingerprint density at radius 3 is 1.05 bits per heavy atom. The maximum Gasteiger partial charge on any atom is 0.308 e. The molecule has 0 bridgehead atoms. The topological polar surface area (TPSA) is 151 Å². The summed E-state index contributed by atoms with van der Waals surface area (Å²) in [5, 5.41) is 5.19. The molecule has 0 heterocycles. The molecule has 0 aliphatic carbocycles. The number of carbonyl (C=O) groups is 6. The summed E-state index contributed by atoms with van der Waals surface area (Å²) in [5.41, 5.74) is 0. The first-order valence-corrected chi connectivity index (χ1v) is 13.7. The fourth-order valence-electron chi connectivity index (χ4n) is 2.07. The molecule has 0 rings (SSSR count). The van der Waals surface area contributed by atoms with Crippen LogP contribution in [0.4, 0.5) is 0 Å². The molecule has 0 spiro atoms. The Balaban J connectivity index is -0.000000159. The van der Waals surface area contributed by atoms with Crippen molar-refractivity contribution in [2.24, 2.45) is 23.7 Å². The van der Waals surface area contributed by atoms with Gasteiger partial charge in [0.2, 0.25) is 24.6 Å². The van der Waals surface area contributed by atoms with E-state index in [0.29, 0.717) is 6.67 Å². The zero-order chi connectivity index (χ0) is 32.0. The van der Waals surface area contributed by atoms with Crippen LogP contribution in [0.3, 0.4) is 0 Å². The van der Waals surface area contributed by atoms with Gasteiger partial charge >= 0.3 is 11.9 Å². The molecule has 0 aliphatic heterocycles. The number of nitrogens with zero attached hydrogens (tertiary/aromatic N) is 2. The highest BCUT2D eigenvalue weighted by Gasteiger charge is 2.13. The van der Waals surface area contributed by atoms with Crippen LogP contribution < -0.4 is 10.6 Å². The molecule has 0 saturated carbocycles. The Hall–Kier alpha value is -3.18. The molecule has 12 nitrogen and oxygen atoms in total. The van der Waals surface area contributed by atoms with Crippen molar-refractivity contribution < 1.29 is 38.2 Å². The molecule has 4 amide bonds. The van der Waals surface area contributed by atoms with Crippen LogP contribution >= 0.6 is 0 Å². The minimum atomic E-state index is -0.273. The third-order valence-corrected chi connectivity index (χ3v) is 5.01. The summed E-state index contributed by atoms with van der Waals surface area (Å²) in [6.07, 6.45) is 1.53. The number of hydrogen-bond donors (Lipinski definition) is 2. The van der Waals surface area contributed by atoms with Crippen molar-refractivity contribution in [3.63, 3.8) is 0 Å². The van der Waals surface area contributed by atoms with Gasteiger partial charge in [0.05, 0.1) is 25.2 Å². The van der Waals surface area contributed by atoms with E-state index in [1.54, 1.807) is 65.2 Å². The van der Waals surface area contributed by atoms with Gasteiger partial charge in [0.15, 0.2) is 0 Å². The van der Waals surface area contributed by atoms with Gasteiger partial charge in [-0.25, -0.2) is 0 Å². The van der Waals surface area contributed by atoms with Crippen LogP contribution in [0.2, 0.25) is 0 Å². The third kappa shape index (κ3) is 27.0. The molecule has 0 aromatic rings. The number of carbonyl (C=O) groups excluding carboxylic acids is 6. The fourth-order valence-corrected chi connectivity index (χ4v) is 2.07. The van der Waals surface area contributed by atoms with Crippen molar-refractivity contribution in [1.29, 1.82) is 0 Å². The van der Waals surface area contributed by atoms with Gasteiger partial charge in [-0.15, -0.1) is 0 Å². The maximum absolute atomic E-state index is 11.0. The molecule has 0 unspecified atom stereocenters. The van der Waals surface area contributed by atoms with E-state index in [1.807, 2.05) is 27.7 Å². The summed E-state index contributed by atoms with van der Waals surface area (Å²) in [5.74, 6) is -1.03. The molecule has 0 radical (unpaired) electrons. The minimum absolute atomic E-state index is 0. The van der Waals surface area contributed by atoms with Crippen molar-refractivity contribution >= 4 is 36.6 Å². The van der Waals surface area contributed by atoms with Crippen molar-refractivity contribution in [3.05, 3.63) is 0 Å². The number of esters is 2. The predicted molar refractivity (Wildman–Crippen MR) is 167 cm³/mol. The summed E-state index contributed by atoms with van der Waals surface area (Å²) >= 11 is 0. The summed E-state index contributed by atoms with van der Waals surface area (Å²) in [7, 11) is 0. The van der Waals surface area contributed by atoms with Gasteiger partial charge in [-0.3, -0.25) is 28.8 Å². The summed E-state index contributed by atoms with van der Waals surface area (Å²) < 4.78 is 9.63. The number of rotatable bonds is 15. The van der Waals surface area contributed by atoms with Gasteiger partial charge in [-0.05, 0) is 27.7 Å². The van der Waals surface area contributed by atoms with Crippen molar-refractivity contribution in [2.75, 3.05) is 26.6 Å². The lowest BCUT2D eigenvalue weighted by atomic mass is 10.2. The Morgan fingerprint density at radius 1 is 0.571 bits per heavy atom. The Bertz CT molecular complexity index is 694. The first-order chi connectivity index (χ1) is 18.4. The SMILES string of the molecule is C.C.CC(C)C(=O)NCNC(=O)C(C)C.CC(C)C(=O)OCCOC(=O)C(C)C.CC(C)N(C=O)CN(C=O)C(C)C. The largest absolute Gasteiger partial charge is 0.462 e. The average molecular weight is 607 g/mol. The molecular formula is C30H62N4O8. The molecule has 0 aromatic heterocycles. The normalized spacial score (nSPS) is 9.86. The quantitative estimate of drug-likeness (QED) is 0.124. The molecule has 42 heavy (non-hydrogen) atoms. The van der Waals surface area contributed by atoms with E-state index in [1.165, 1.54) is 0 Å². The van der Waals surface area contributed by atoms with E-state index < -0.39 is 0 Å². The summed E-state index contributed by atoms with van der Waals surface area (Å²) in [6, 6.07) is 0.248. The average Bonchev–Trinajstić information content (AvgIpc) is 2.86. The maximum atomic E-state index is 11.0. The monoisotopic (exact) mass is 606 g/mol. The van der Waals surface area contributed by atoms with Gasteiger partial charge in [-0.1, -0.05) is 70.2 Å². The van der Waals surface area contributed by atoms with Gasteiger partial charge in [0.1, 0.15) is 13.2 Å². The number of ether oxygens (including phenoxy) is 2. The standard InChI is InChI=1S/C10H18O4.2C9H18N2O2.2CH4/c1-7(2)9(11)13-5-6-14-10(12)8(3)4;1-8(2)10(6-12)5-11(7-13)9(3)4;1-6(2)8(12)10-5-11-9(13)7(3)4;;/h7-8H,5-6H2,1-4H3;6-9H,5H2,1-4H3;6-7H,5H2,1-4H3,(H,10,12)(H,11,13);2*1H4. The van der Waals surface area contributed by atoms with Gasteiger partial charge in [0, 0.05) is 23.9 Å². The molecule has 12 heteroatoms. The molecule has 0 aliphatic rings. The van der Waals surface area contributed by atoms with E-state index >= 15 is 0 Å². The Kier molecular flexibility index (Phi) is 32.3. The van der Waals surface area contributed by atoms with Crippen molar-refractivity contribution in [3.8, 4) is 0 Å². The fraction of sp³-hybridized carbons (Fsp3) is 0.800. The van der Waals surface area contributed by atoms with Crippen LogP contribution in [0.15, 0.2) is 0 Å². The van der Waals surface area contributed by atoms with Crippen LogP contribution in [0.25, 0.3) is 0 Å². The predicted octanol–water partition coefficient (Wildman–Crippen LogP) is 3.82. The van der Waals surface area contributed by atoms with E-state index in [-0.39, 0.29) is 94.2 Å². The Morgan fingerprint density at radius 2 is 0.857 bits per heavy atom. The van der Waals surface area contributed by atoms with E-state index in [4.69, 9.17) is 9.47 Å². The third-order valence-electron chi connectivity index (χ3n) is 5.01. The molecule has 250 valence electrons. The van der Waals surface area contributed by atoms with Crippen LogP contribution in [-0.2, 0) is 38.2 Å². The second-order valence-electron chi connectivity index (χ2n) is 10.8. The lowest BCUT2D eigenvalue weighted by molar-refractivity contribution is -0.156. The lowest BCUT2D eigenvalue weighted by Gasteiger charge is -2.30. The van der Waals surface area contributed by atoms with E-state index in [9.17, 15) is 28.8 Å². The molecular weight excluding hydrogens is 544 g/mol. The molecule has 0 aromatic carbocycles. The van der Waals surface area contributed by atoms with Crippen LogP contribution in [0, 0.1) is 23.7 Å².